The highest BCUT2D eigenvalue weighted by molar-refractivity contribution is 5.74. The molecule has 1 aromatic carbocycles. The van der Waals surface area contributed by atoms with Crippen LogP contribution in [0.15, 0.2) is 36.5 Å². The largest absolute Gasteiger partial charge is 0.497 e. The molecule has 0 bridgehead atoms. The molecule has 0 saturated carbocycles. The fourth-order valence-electron chi connectivity index (χ4n) is 3.56. The second kappa shape index (κ2) is 7.74. The van der Waals surface area contributed by atoms with Crippen molar-refractivity contribution < 1.29 is 19.4 Å². The first kappa shape index (κ1) is 18.2. The maximum Gasteiger partial charge on any atom is 0.320 e. The number of hydrogen-bond acceptors (Lipinski definition) is 5. The summed E-state index contributed by atoms with van der Waals surface area (Å²) in [4.78, 5) is 18.4. The molecule has 1 saturated heterocycles. The van der Waals surface area contributed by atoms with Crippen LogP contribution in [0.25, 0.3) is 0 Å². The van der Waals surface area contributed by atoms with E-state index in [4.69, 9.17) is 9.47 Å². The number of aryl methyl sites for hydroxylation is 1. The zero-order valence-electron chi connectivity index (χ0n) is 15.3. The topological polar surface area (TPSA) is 71.9 Å². The summed E-state index contributed by atoms with van der Waals surface area (Å²) in [5.74, 6) is 0.553. The van der Waals surface area contributed by atoms with Crippen LogP contribution in [0.5, 0.6) is 11.5 Å². The van der Waals surface area contributed by atoms with Crippen LogP contribution in [0.2, 0.25) is 0 Å². The standard InChI is InChI=1S/C20H24N2O4/c1-13-6-9-16(21-12-13)19(22-10-4-5-17(22)20(23)24)15-8-7-14(25-2)11-18(15)26-3/h6-9,11-12,17,19H,4-5,10H2,1-3H3,(H,23,24). The van der Waals surface area contributed by atoms with Crippen LogP contribution in [-0.2, 0) is 4.79 Å². The molecule has 6 heteroatoms. The minimum atomic E-state index is -0.799. The predicted octanol–water partition coefficient (Wildman–Crippen LogP) is 3.05. The van der Waals surface area contributed by atoms with Gasteiger partial charge < -0.3 is 14.6 Å². The van der Waals surface area contributed by atoms with E-state index >= 15 is 0 Å². The Morgan fingerprint density at radius 1 is 1.27 bits per heavy atom. The number of carboxylic acids is 1. The molecular formula is C20H24N2O4. The molecule has 2 heterocycles. The van der Waals surface area contributed by atoms with Crippen molar-refractivity contribution in [3.8, 4) is 11.5 Å². The highest BCUT2D eigenvalue weighted by Crippen LogP contribution is 2.39. The van der Waals surface area contributed by atoms with E-state index in [-0.39, 0.29) is 6.04 Å². The van der Waals surface area contributed by atoms with Crippen LogP contribution in [0, 0.1) is 6.92 Å². The molecule has 1 N–H and O–H groups in total. The first-order chi connectivity index (χ1) is 12.5. The molecule has 0 amide bonds. The number of carbonyl (C=O) groups is 1. The van der Waals surface area contributed by atoms with E-state index in [0.29, 0.717) is 24.5 Å². The molecule has 0 aliphatic carbocycles. The van der Waals surface area contributed by atoms with Gasteiger partial charge in [0, 0.05) is 24.4 Å². The van der Waals surface area contributed by atoms with Gasteiger partial charge in [0.25, 0.3) is 0 Å². The Morgan fingerprint density at radius 3 is 2.69 bits per heavy atom. The molecule has 6 nitrogen and oxygen atoms in total. The minimum absolute atomic E-state index is 0.292. The van der Waals surface area contributed by atoms with Crippen molar-refractivity contribution in [2.24, 2.45) is 0 Å². The van der Waals surface area contributed by atoms with Crippen LogP contribution in [0.1, 0.15) is 35.7 Å². The van der Waals surface area contributed by atoms with E-state index in [0.717, 1.165) is 23.2 Å². The first-order valence-electron chi connectivity index (χ1n) is 8.68. The third-order valence-electron chi connectivity index (χ3n) is 4.86. The third-order valence-corrected chi connectivity index (χ3v) is 4.86. The lowest BCUT2D eigenvalue weighted by atomic mass is 9.98. The molecule has 1 aromatic heterocycles. The lowest BCUT2D eigenvalue weighted by Gasteiger charge is -2.32. The van der Waals surface area contributed by atoms with Gasteiger partial charge in [0.1, 0.15) is 17.5 Å². The van der Waals surface area contributed by atoms with Gasteiger partial charge in [-0.2, -0.15) is 0 Å². The second-order valence-electron chi connectivity index (χ2n) is 6.50. The van der Waals surface area contributed by atoms with Gasteiger partial charge >= 0.3 is 5.97 Å². The SMILES string of the molecule is COc1ccc(C(c2ccc(C)cn2)N2CCCC2C(=O)O)c(OC)c1. The number of likely N-dealkylation sites (tertiary alicyclic amines) is 1. The predicted molar refractivity (Wildman–Crippen MR) is 97.7 cm³/mol. The molecule has 26 heavy (non-hydrogen) atoms. The van der Waals surface area contributed by atoms with Crippen molar-refractivity contribution in [1.82, 2.24) is 9.88 Å². The Labute approximate surface area is 153 Å². The summed E-state index contributed by atoms with van der Waals surface area (Å²) in [5, 5.41) is 9.67. The summed E-state index contributed by atoms with van der Waals surface area (Å²) in [6.07, 6.45) is 3.29. The molecule has 138 valence electrons. The summed E-state index contributed by atoms with van der Waals surface area (Å²) in [6, 6.07) is 8.75. The molecule has 1 fully saturated rings. The Morgan fingerprint density at radius 2 is 2.08 bits per heavy atom. The maximum absolute atomic E-state index is 11.8. The number of benzene rings is 1. The van der Waals surface area contributed by atoms with E-state index < -0.39 is 12.0 Å². The highest BCUT2D eigenvalue weighted by atomic mass is 16.5. The molecule has 2 aromatic rings. The zero-order valence-corrected chi connectivity index (χ0v) is 15.3. The summed E-state index contributed by atoms with van der Waals surface area (Å²) in [6.45, 7) is 2.68. The van der Waals surface area contributed by atoms with Gasteiger partial charge in [-0.05, 0) is 43.5 Å². The number of nitrogens with zero attached hydrogens (tertiary/aromatic N) is 2. The molecule has 0 radical (unpaired) electrons. The minimum Gasteiger partial charge on any atom is -0.497 e. The number of pyridine rings is 1. The fraction of sp³-hybridized carbons (Fsp3) is 0.400. The first-order valence-corrected chi connectivity index (χ1v) is 8.68. The van der Waals surface area contributed by atoms with Crippen LogP contribution < -0.4 is 9.47 Å². The molecular weight excluding hydrogens is 332 g/mol. The number of hydrogen-bond donors (Lipinski definition) is 1. The quantitative estimate of drug-likeness (QED) is 0.858. The fourth-order valence-corrected chi connectivity index (χ4v) is 3.56. The normalized spacial score (nSPS) is 18.5. The number of methoxy groups -OCH3 is 2. The lowest BCUT2D eigenvalue weighted by Crippen LogP contribution is -2.39. The Hall–Kier alpha value is -2.60. The van der Waals surface area contributed by atoms with Crippen LogP contribution in [-0.4, -0.2) is 47.8 Å². The van der Waals surface area contributed by atoms with E-state index in [9.17, 15) is 9.90 Å². The van der Waals surface area contributed by atoms with Crippen molar-refractivity contribution in [2.75, 3.05) is 20.8 Å². The van der Waals surface area contributed by atoms with Gasteiger partial charge in [0.05, 0.1) is 26.0 Å². The second-order valence-corrected chi connectivity index (χ2v) is 6.50. The van der Waals surface area contributed by atoms with E-state index in [1.165, 1.54) is 0 Å². The number of aromatic nitrogens is 1. The average Bonchev–Trinajstić information content (AvgIpc) is 3.13. The van der Waals surface area contributed by atoms with Gasteiger partial charge in [-0.25, -0.2) is 0 Å². The van der Waals surface area contributed by atoms with E-state index in [1.54, 1.807) is 14.2 Å². The summed E-state index contributed by atoms with van der Waals surface area (Å²) in [7, 11) is 3.21. The molecule has 2 unspecified atom stereocenters. The summed E-state index contributed by atoms with van der Waals surface area (Å²) >= 11 is 0. The molecule has 2 atom stereocenters. The average molecular weight is 356 g/mol. The molecule has 1 aliphatic rings. The molecule has 1 aliphatic heterocycles. The van der Waals surface area contributed by atoms with E-state index in [2.05, 4.69) is 4.98 Å². The Bertz CT molecular complexity index is 776. The van der Waals surface area contributed by atoms with Crippen molar-refractivity contribution in [2.45, 2.75) is 31.8 Å². The number of ether oxygens (including phenoxy) is 2. The Balaban J connectivity index is 2.12. The number of aliphatic carboxylic acids is 1. The smallest absolute Gasteiger partial charge is 0.320 e. The van der Waals surface area contributed by atoms with Gasteiger partial charge in [-0.1, -0.05) is 6.07 Å². The zero-order chi connectivity index (χ0) is 18.7. The highest BCUT2D eigenvalue weighted by Gasteiger charge is 2.38. The number of rotatable bonds is 6. The van der Waals surface area contributed by atoms with Crippen molar-refractivity contribution >= 4 is 5.97 Å². The van der Waals surface area contributed by atoms with Crippen LogP contribution >= 0.6 is 0 Å². The van der Waals surface area contributed by atoms with Gasteiger partial charge in [-0.3, -0.25) is 14.7 Å². The van der Waals surface area contributed by atoms with Gasteiger partial charge in [-0.15, -0.1) is 0 Å². The van der Waals surface area contributed by atoms with Gasteiger partial charge in [0.15, 0.2) is 0 Å². The van der Waals surface area contributed by atoms with Crippen molar-refractivity contribution in [1.29, 1.82) is 0 Å². The summed E-state index contributed by atoms with van der Waals surface area (Å²) in [5.41, 5.74) is 2.76. The van der Waals surface area contributed by atoms with Crippen LogP contribution in [0.3, 0.4) is 0 Å². The van der Waals surface area contributed by atoms with Gasteiger partial charge in [0.2, 0.25) is 0 Å². The summed E-state index contributed by atoms with van der Waals surface area (Å²) < 4.78 is 10.9. The van der Waals surface area contributed by atoms with Crippen LogP contribution in [0.4, 0.5) is 0 Å². The Kier molecular flexibility index (Phi) is 5.42. The van der Waals surface area contributed by atoms with Crippen molar-refractivity contribution in [3.63, 3.8) is 0 Å². The molecule has 3 rings (SSSR count). The molecule has 0 spiro atoms. The van der Waals surface area contributed by atoms with E-state index in [1.807, 2.05) is 48.4 Å². The monoisotopic (exact) mass is 356 g/mol. The lowest BCUT2D eigenvalue weighted by molar-refractivity contribution is -0.142. The number of carboxylic acid groups (broad SMARTS) is 1. The maximum atomic E-state index is 11.8. The third kappa shape index (κ3) is 3.51. The van der Waals surface area contributed by atoms with Crippen molar-refractivity contribution in [3.05, 3.63) is 53.3 Å².